The van der Waals surface area contributed by atoms with Crippen LogP contribution < -0.4 is 5.73 Å². The molecule has 6 nitrogen and oxygen atoms in total. The highest BCUT2D eigenvalue weighted by Crippen LogP contribution is 2.24. The molecule has 0 atom stereocenters. The van der Waals surface area contributed by atoms with Gasteiger partial charge in [-0.25, -0.2) is 0 Å². The summed E-state index contributed by atoms with van der Waals surface area (Å²) >= 11 is 0. The first kappa shape index (κ1) is 17.3. The Balaban J connectivity index is 2.37. The predicted octanol–water partition coefficient (Wildman–Crippen LogP) is 3.32. The summed E-state index contributed by atoms with van der Waals surface area (Å²) in [5.74, 6) is 0.865. The first-order valence-corrected chi connectivity index (χ1v) is 7.13. The van der Waals surface area contributed by atoms with Gasteiger partial charge in [0.2, 0.25) is 0 Å². The highest BCUT2D eigenvalue weighted by atomic mass is 16.3. The largest absolute Gasteiger partial charge is 0.457 e. The Bertz CT molecular complexity index is 987. The number of Topliss-reactive ketones (excluding diaryl/α,β-unsaturated/α-hetero) is 1. The van der Waals surface area contributed by atoms with Crippen molar-refractivity contribution in [2.24, 2.45) is 5.73 Å². The number of allylic oxidation sites excluding steroid dienone is 2. The van der Waals surface area contributed by atoms with Crippen LogP contribution in [0.1, 0.15) is 23.0 Å². The van der Waals surface area contributed by atoms with Gasteiger partial charge in [-0.05, 0) is 19.1 Å². The van der Waals surface area contributed by atoms with Gasteiger partial charge >= 0.3 is 0 Å². The molecule has 25 heavy (non-hydrogen) atoms. The standard InChI is InChI=1S/C19H12N4O2/c1-12(24)13-2-4-14(5-3-13)18-7-6-17(25-18)8-15(9-20)19(23)16(10-21)11-22/h2-8H,23H2,1H3/b15-8+. The van der Waals surface area contributed by atoms with Crippen LogP contribution in [0.2, 0.25) is 0 Å². The third kappa shape index (κ3) is 3.82. The van der Waals surface area contributed by atoms with Crippen molar-refractivity contribution in [3.63, 3.8) is 0 Å². The molecule has 0 saturated carbocycles. The smallest absolute Gasteiger partial charge is 0.159 e. The van der Waals surface area contributed by atoms with Crippen LogP contribution in [0.5, 0.6) is 0 Å². The van der Waals surface area contributed by atoms with Gasteiger partial charge in [0.1, 0.15) is 29.7 Å². The Morgan fingerprint density at radius 1 is 1.04 bits per heavy atom. The van der Waals surface area contributed by atoms with Gasteiger partial charge in [-0.2, -0.15) is 15.8 Å². The van der Waals surface area contributed by atoms with E-state index in [4.69, 9.17) is 20.7 Å². The molecule has 2 N–H and O–H groups in total. The van der Waals surface area contributed by atoms with Gasteiger partial charge < -0.3 is 10.2 Å². The van der Waals surface area contributed by atoms with Gasteiger partial charge in [0.05, 0.1) is 11.3 Å². The maximum Gasteiger partial charge on any atom is 0.159 e. The summed E-state index contributed by atoms with van der Waals surface area (Å²) in [6.45, 7) is 1.49. The summed E-state index contributed by atoms with van der Waals surface area (Å²) in [5.41, 5.74) is 6.47. The second-order valence-electron chi connectivity index (χ2n) is 5.02. The molecule has 1 heterocycles. The summed E-state index contributed by atoms with van der Waals surface area (Å²) < 4.78 is 5.64. The van der Waals surface area contributed by atoms with Gasteiger partial charge in [-0.15, -0.1) is 0 Å². The van der Waals surface area contributed by atoms with Gasteiger partial charge in [0.25, 0.3) is 0 Å². The molecule has 0 fully saturated rings. The molecule has 1 aromatic carbocycles. The van der Waals surface area contributed by atoms with Crippen LogP contribution >= 0.6 is 0 Å². The van der Waals surface area contributed by atoms with Crippen LogP contribution in [-0.2, 0) is 0 Å². The molecule has 6 heteroatoms. The lowest BCUT2D eigenvalue weighted by Gasteiger charge is -1.99. The van der Waals surface area contributed by atoms with E-state index in [9.17, 15) is 10.1 Å². The number of nitrogens with zero attached hydrogens (tertiary/aromatic N) is 3. The number of hydrogen-bond acceptors (Lipinski definition) is 6. The monoisotopic (exact) mass is 328 g/mol. The van der Waals surface area contributed by atoms with E-state index in [1.807, 2.05) is 6.07 Å². The zero-order chi connectivity index (χ0) is 18.4. The molecule has 2 aromatic rings. The van der Waals surface area contributed by atoms with E-state index in [1.54, 1.807) is 48.5 Å². The van der Waals surface area contributed by atoms with E-state index in [0.717, 1.165) is 5.56 Å². The molecule has 0 radical (unpaired) electrons. The number of ketones is 1. The third-order valence-electron chi connectivity index (χ3n) is 3.39. The average molecular weight is 328 g/mol. The summed E-state index contributed by atoms with van der Waals surface area (Å²) in [6.07, 6.45) is 1.36. The van der Waals surface area contributed by atoms with Crippen LogP contribution in [0, 0.1) is 34.0 Å². The number of hydrogen-bond donors (Lipinski definition) is 1. The molecule has 0 spiro atoms. The topological polar surface area (TPSA) is 128 Å². The molecule has 0 aliphatic rings. The van der Waals surface area contributed by atoms with E-state index in [-0.39, 0.29) is 22.6 Å². The normalized spacial score (nSPS) is 10.2. The van der Waals surface area contributed by atoms with Crippen LogP contribution in [0.25, 0.3) is 17.4 Å². The molecule has 120 valence electrons. The van der Waals surface area contributed by atoms with E-state index < -0.39 is 0 Å². The van der Waals surface area contributed by atoms with E-state index >= 15 is 0 Å². The molecule has 1 aromatic heterocycles. The quantitative estimate of drug-likeness (QED) is 0.521. The summed E-state index contributed by atoms with van der Waals surface area (Å²) in [4.78, 5) is 11.3. The fourth-order valence-corrected chi connectivity index (χ4v) is 2.05. The molecule has 0 bridgehead atoms. The van der Waals surface area contributed by atoms with Crippen molar-refractivity contribution in [3.8, 4) is 29.5 Å². The van der Waals surface area contributed by atoms with Crippen molar-refractivity contribution < 1.29 is 9.21 Å². The zero-order valence-corrected chi connectivity index (χ0v) is 13.3. The van der Waals surface area contributed by atoms with Crippen molar-refractivity contribution in [1.29, 1.82) is 15.8 Å². The minimum Gasteiger partial charge on any atom is -0.457 e. The Morgan fingerprint density at radius 2 is 1.68 bits per heavy atom. The number of nitriles is 3. The minimum atomic E-state index is -0.334. The van der Waals surface area contributed by atoms with Crippen molar-refractivity contribution in [1.82, 2.24) is 0 Å². The van der Waals surface area contributed by atoms with E-state index in [2.05, 4.69) is 0 Å². The molecule has 2 rings (SSSR count). The zero-order valence-electron chi connectivity index (χ0n) is 13.3. The predicted molar refractivity (Wildman–Crippen MR) is 90.2 cm³/mol. The van der Waals surface area contributed by atoms with Crippen LogP contribution in [0.15, 0.2) is 57.7 Å². The maximum absolute atomic E-state index is 11.3. The molecule has 0 aliphatic carbocycles. The van der Waals surface area contributed by atoms with Crippen molar-refractivity contribution in [2.75, 3.05) is 0 Å². The number of furan rings is 1. The van der Waals surface area contributed by atoms with Gasteiger partial charge in [0, 0.05) is 17.2 Å². The van der Waals surface area contributed by atoms with Crippen molar-refractivity contribution in [2.45, 2.75) is 6.92 Å². The highest BCUT2D eigenvalue weighted by Gasteiger charge is 2.10. The molecule has 0 saturated heterocycles. The fourth-order valence-electron chi connectivity index (χ4n) is 2.05. The Morgan fingerprint density at radius 3 is 2.20 bits per heavy atom. The average Bonchev–Trinajstić information content (AvgIpc) is 3.09. The summed E-state index contributed by atoms with van der Waals surface area (Å²) in [5, 5.41) is 26.8. The molecular formula is C19H12N4O2. The lowest BCUT2D eigenvalue weighted by molar-refractivity contribution is 0.101. The number of nitrogens with two attached hydrogens (primary N) is 1. The van der Waals surface area contributed by atoms with Gasteiger partial charge in [0.15, 0.2) is 11.4 Å². The number of carbonyl (C=O) groups excluding carboxylic acids is 1. The second kappa shape index (κ2) is 7.46. The summed E-state index contributed by atoms with van der Waals surface area (Å²) in [6, 6.07) is 15.4. The van der Waals surface area contributed by atoms with E-state index in [1.165, 1.54) is 13.0 Å². The fraction of sp³-hybridized carbons (Fsp3) is 0.0526. The number of carbonyl (C=O) groups is 1. The summed E-state index contributed by atoms with van der Waals surface area (Å²) in [7, 11) is 0. The van der Waals surface area contributed by atoms with E-state index in [0.29, 0.717) is 17.1 Å². The Kier molecular flexibility index (Phi) is 5.15. The second-order valence-corrected chi connectivity index (χ2v) is 5.02. The Hall–Kier alpha value is -4.08. The Labute approximate surface area is 144 Å². The minimum absolute atomic E-state index is 0.0265. The SMILES string of the molecule is CC(=O)c1ccc(-c2ccc(/C=C(\C#N)C(N)=C(C#N)C#N)o2)cc1. The number of benzene rings is 1. The lowest BCUT2D eigenvalue weighted by Crippen LogP contribution is -2.03. The van der Waals surface area contributed by atoms with Gasteiger partial charge in [-0.3, -0.25) is 4.79 Å². The molecular weight excluding hydrogens is 316 g/mol. The highest BCUT2D eigenvalue weighted by molar-refractivity contribution is 5.94. The van der Waals surface area contributed by atoms with Gasteiger partial charge in [-0.1, -0.05) is 24.3 Å². The number of rotatable bonds is 4. The van der Waals surface area contributed by atoms with Crippen molar-refractivity contribution in [3.05, 3.63) is 64.6 Å². The molecule has 0 unspecified atom stereocenters. The van der Waals surface area contributed by atoms with Crippen LogP contribution in [0.4, 0.5) is 0 Å². The first-order valence-electron chi connectivity index (χ1n) is 7.13. The lowest BCUT2D eigenvalue weighted by atomic mass is 10.1. The molecule has 0 amide bonds. The van der Waals surface area contributed by atoms with Crippen LogP contribution in [-0.4, -0.2) is 5.78 Å². The first-order chi connectivity index (χ1) is 12.0. The maximum atomic E-state index is 11.3. The third-order valence-corrected chi connectivity index (χ3v) is 3.39. The molecule has 0 aliphatic heterocycles. The van der Waals surface area contributed by atoms with Crippen molar-refractivity contribution >= 4 is 11.9 Å². The van der Waals surface area contributed by atoms with Crippen LogP contribution in [0.3, 0.4) is 0 Å².